The van der Waals surface area contributed by atoms with E-state index in [9.17, 15) is 17.2 Å². The van der Waals surface area contributed by atoms with Crippen LogP contribution in [0.5, 0.6) is 11.5 Å². The molecule has 0 heterocycles. The monoisotopic (exact) mass is 433 g/mol. The highest BCUT2D eigenvalue weighted by Crippen LogP contribution is 2.34. The van der Waals surface area contributed by atoms with Gasteiger partial charge in [0, 0.05) is 18.2 Å². The third-order valence-corrected chi connectivity index (χ3v) is 6.50. The zero-order valence-corrected chi connectivity index (χ0v) is 17.5. The van der Waals surface area contributed by atoms with E-state index >= 15 is 0 Å². The molecule has 0 radical (unpaired) electrons. The maximum Gasteiger partial charge on any atom is 0.264 e. The number of hydrogen-bond acceptors (Lipinski definition) is 4. The third kappa shape index (κ3) is 4.54. The highest BCUT2D eigenvalue weighted by molar-refractivity contribution is 7.92. The fourth-order valence-corrected chi connectivity index (χ4v) is 4.65. The molecule has 3 rings (SSSR count). The minimum absolute atomic E-state index is 0.102. The Bertz CT molecular complexity index is 1130. The molecule has 0 aliphatic heterocycles. The van der Waals surface area contributed by atoms with Gasteiger partial charge >= 0.3 is 0 Å². The van der Waals surface area contributed by atoms with Gasteiger partial charge < -0.3 is 9.47 Å². The number of hydrogen-bond donors (Lipinski definition) is 0. The predicted octanol–water partition coefficient (Wildman–Crippen LogP) is 4.69. The van der Waals surface area contributed by atoms with E-state index in [0.29, 0.717) is 22.6 Å². The van der Waals surface area contributed by atoms with Gasteiger partial charge in [-0.1, -0.05) is 18.2 Å². The van der Waals surface area contributed by atoms with Crippen molar-refractivity contribution in [3.63, 3.8) is 0 Å². The quantitative estimate of drug-likeness (QED) is 0.543. The standard InChI is InChI=1S/C22H21F2NO4S/c1-15-4-7-18(24)10-22(15)30(26,27)25(14-16-5-8-17(23)9-6-16)19-11-20(28-2)13-21(12-19)29-3/h4-13H,14H2,1-3H3. The molecule has 0 atom stereocenters. The first-order valence-electron chi connectivity index (χ1n) is 9.01. The first-order valence-corrected chi connectivity index (χ1v) is 10.4. The average Bonchev–Trinajstić information content (AvgIpc) is 2.74. The van der Waals surface area contributed by atoms with E-state index in [-0.39, 0.29) is 17.1 Å². The van der Waals surface area contributed by atoms with Crippen LogP contribution in [0.4, 0.5) is 14.5 Å². The molecule has 0 unspecified atom stereocenters. The summed E-state index contributed by atoms with van der Waals surface area (Å²) in [7, 11) is -1.27. The fourth-order valence-electron chi connectivity index (χ4n) is 2.98. The summed E-state index contributed by atoms with van der Waals surface area (Å²) in [5.41, 5.74) is 1.21. The summed E-state index contributed by atoms with van der Waals surface area (Å²) in [5.74, 6) is -0.319. The summed E-state index contributed by atoms with van der Waals surface area (Å²) in [6.45, 7) is 1.49. The molecule has 30 heavy (non-hydrogen) atoms. The minimum atomic E-state index is -4.18. The van der Waals surface area contributed by atoms with Crippen molar-refractivity contribution in [2.45, 2.75) is 18.4 Å². The molecule has 158 valence electrons. The van der Waals surface area contributed by atoms with Crippen LogP contribution in [0, 0.1) is 18.6 Å². The van der Waals surface area contributed by atoms with Crippen molar-refractivity contribution in [3.8, 4) is 11.5 Å². The maximum atomic E-state index is 13.9. The first-order chi connectivity index (χ1) is 14.2. The number of aryl methyl sites for hydroxylation is 1. The van der Waals surface area contributed by atoms with Gasteiger partial charge in [0.25, 0.3) is 10.0 Å². The number of anilines is 1. The molecule has 0 N–H and O–H groups in total. The van der Waals surface area contributed by atoms with E-state index in [1.165, 1.54) is 62.8 Å². The molecule has 0 aliphatic rings. The van der Waals surface area contributed by atoms with Gasteiger partial charge in [-0.2, -0.15) is 0 Å². The van der Waals surface area contributed by atoms with Gasteiger partial charge in [0.15, 0.2) is 0 Å². The lowest BCUT2D eigenvalue weighted by atomic mass is 10.2. The maximum absolute atomic E-state index is 13.9. The lowest BCUT2D eigenvalue weighted by Gasteiger charge is -2.26. The second-order valence-corrected chi connectivity index (χ2v) is 8.45. The van der Waals surface area contributed by atoms with Crippen LogP contribution in [-0.2, 0) is 16.6 Å². The van der Waals surface area contributed by atoms with E-state index in [1.807, 2.05) is 0 Å². The van der Waals surface area contributed by atoms with Crippen LogP contribution < -0.4 is 13.8 Å². The highest BCUT2D eigenvalue weighted by atomic mass is 32.2. The predicted molar refractivity (Wildman–Crippen MR) is 110 cm³/mol. The average molecular weight is 433 g/mol. The number of nitrogens with zero attached hydrogens (tertiary/aromatic N) is 1. The molecule has 0 saturated carbocycles. The second-order valence-electron chi connectivity index (χ2n) is 6.62. The summed E-state index contributed by atoms with van der Waals surface area (Å²) in [6, 6.07) is 13.8. The molecule has 0 bridgehead atoms. The Morgan fingerprint density at radius 3 is 1.97 bits per heavy atom. The van der Waals surface area contributed by atoms with Crippen LogP contribution in [-0.4, -0.2) is 22.6 Å². The van der Waals surface area contributed by atoms with Crippen molar-refractivity contribution in [3.05, 3.63) is 83.4 Å². The zero-order valence-electron chi connectivity index (χ0n) is 16.7. The van der Waals surface area contributed by atoms with E-state index in [4.69, 9.17) is 9.47 Å². The lowest BCUT2D eigenvalue weighted by molar-refractivity contribution is 0.394. The Labute approximate surface area is 174 Å². The van der Waals surface area contributed by atoms with E-state index in [2.05, 4.69) is 0 Å². The second kappa shape index (κ2) is 8.71. The smallest absolute Gasteiger partial charge is 0.264 e. The van der Waals surface area contributed by atoms with Crippen molar-refractivity contribution in [1.82, 2.24) is 0 Å². The van der Waals surface area contributed by atoms with Gasteiger partial charge in [0.1, 0.15) is 23.1 Å². The summed E-state index contributed by atoms with van der Waals surface area (Å²) >= 11 is 0. The van der Waals surface area contributed by atoms with Gasteiger partial charge in [-0.25, -0.2) is 17.2 Å². The fraction of sp³-hybridized carbons (Fsp3) is 0.182. The molecule has 0 amide bonds. The summed E-state index contributed by atoms with van der Waals surface area (Å²) in [4.78, 5) is -0.161. The van der Waals surface area contributed by atoms with Crippen molar-refractivity contribution in [2.24, 2.45) is 0 Å². The zero-order chi connectivity index (χ0) is 21.9. The number of benzene rings is 3. The Morgan fingerprint density at radius 1 is 0.833 bits per heavy atom. The molecule has 0 spiro atoms. The van der Waals surface area contributed by atoms with Crippen molar-refractivity contribution < 1.29 is 26.7 Å². The SMILES string of the molecule is COc1cc(OC)cc(N(Cc2ccc(F)cc2)S(=O)(=O)c2cc(F)ccc2C)c1. The summed E-state index contributed by atoms with van der Waals surface area (Å²) in [5, 5.41) is 0. The normalized spacial score (nSPS) is 11.2. The van der Waals surface area contributed by atoms with Gasteiger partial charge in [0.2, 0.25) is 0 Å². The summed E-state index contributed by atoms with van der Waals surface area (Å²) < 4.78 is 66.0. The van der Waals surface area contributed by atoms with E-state index < -0.39 is 21.7 Å². The van der Waals surface area contributed by atoms with Crippen molar-refractivity contribution >= 4 is 15.7 Å². The lowest BCUT2D eigenvalue weighted by Crippen LogP contribution is -2.31. The van der Waals surface area contributed by atoms with Crippen LogP contribution >= 0.6 is 0 Å². The van der Waals surface area contributed by atoms with Crippen LogP contribution in [0.2, 0.25) is 0 Å². The Balaban J connectivity index is 2.19. The van der Waals surface area contributed by atoms with Gasteiger partial charge in [-0.3, -0.25) is 4.31 Å². The van der Waals surface area contributed by atoms with Gasteiger partial charge in [-0.05, 0) is 42.3 Å². The van der Waals surface area contributed by atoms with Crippen molar-refractivity contribution in [1.29, 1.82) is 0 Å². The molecule has 0 aromatic heterocycles. The number of halogens is 2. The molecule has 0 aliphatic carbocycles. The van der Waals surface area contributed by atoms with E-state index in [0.717, 1.165) is 10.4 Å². The van der Waals surface area contributed by atoms with Crippen LogP contribution in [0.1, 0.15) is 11.1 Å². The minimum Gasteiger partial charge on any atom is -0.497 e. The largest absolute Gasteiger partial charge is 0.497 e. The Morgan fingerprint density at radius 2 is 1.40 bits per heavy atom. The van der Waals surface area contributed by atoms with Gasteiger partial charge in [0.05, 0.1) is 31.3 Å². The molecular formula is C22H21F2NO4S. The van der Waals surface area contributed by atoms with Crippen LogP contribution in [0.3, 0.4) is 0 Å². The first kappa shape index (κ1) is 21.6. The number of rotatable bonds is 7. The van der Waals surface area contributed by atoms with Crippen LogP contribution in [0.25, 0.3) is 0 Å². The summed E-state index contributed by atoms with van der Waals surface area (Å²) in [6.07, 6.45) is 0. The Hall–Kier alpha value is -3.13. The number of ether oxygens (including phenoxy) is 2. The number of methoxy groups -OCH3 is 2. The molecule has 8 heteroatoms. The highest BCUT2D eigenvalue weighted by Gasteiger charge is 2.28. The molecule has 5 nitrogen and oxygen atoms in total. The van der Waals surface area contributed by atoms with E-state index in [1.54, 1.807) is 13.0 Å². The number of sulfonamides is 1. The third-order valence-electron chi connectivity index (χ3n) is 4.58. The van der Waals surface area contributed by atoms with Gasteiger partial charge in [-0.15, -0.1) is 0 Å². The Kier molecular flexibility index (Phi) is 6.26. The topological polar surface area (TPSA) is 55.8 Å². The molecule has 3 aromatic carbocycles. The molecular weight excluding hydrogens is 412 g/mol. The molecule has 0 saturated heterocycles. The van der Waals surface area contributed by atoms with Crippen LogP contribution in [0.15, 0.2) is 65.6 Å². The molecule has 0 fully saturated rings. The van der Waals surface area contributed by atoms with Crippen molar-refractivity contribution in [2.75, 3.05) is 18.5 Å². The molecule has 3 aromatic rings.